The molecule has 0 aliphatic rings. The standard InChI is InChI=1S/C16H19N/c1-2-13-9-6-10-15(11-13)16(17)12-14-7-4-3-5-8-14/h3-11,16H,2,12,17H2,1H3. The average molecular weight is 225 g/mol. The van der Waals surface area contributed by atoms with Crippen LogP contribution in [0.5, 0.6) is 0 Å². The highest BCUT2D eigenvalue weighted by atomic mass is 14.6. The van der Waals surface area contributed by atoms with Crippen molar-refractivity contribution in [1.29, 1.82) is 0 Å². The monoisotopic (exact) mass is 225 g/mol. The summed E-state index contributed by atoms with van der Waals surface area (Å²) in [6.07, 6.45) is 1.96. The molecule has 0 saturated heterocycles. The highest BCUT2D eigenvalue weighted by Gasteiger charge is 2.07. The molecule has 1 heteroatoms. The van der Waals surface area contributed by atoms with Gasteiger partial charge in [0.2, 0.25) is 0 Å². The van der Waals surface area contributed by atoms with Gasteiger partial charge in [0.25, 0.3) is 0 Å². The first kappa shape index (κ1) is 11.9. The van der Waals surface area contributed by atoms with Crippen LogP contribution in [0.2, 0.25) is 0 Å². The van der Waals surface area contributed by atoms with Gasteiger partial charge in [-0.2, -0.15) is 0 Å². The minimum Gasteiger partial charge on any atom is -0.324 e. The summed E-state index contributed by atoms with van der Waals surface area (Å²) in [6, 6.07) is 19.1. The number of hydrogen-bond donors (Lipinski definition) is 1. The zero-order valence-electron chi connectivity index (χ0n) is 10.3. The summed E-state index contributed by atoms with van der Waals surface area (Å²) in [6.45, 7) is 2.17. The Kier molecular flexibility index (Phi) is 3.94. The average Bonchev–Trinajstić information content (AvgIpc) is 2.40. The van der Waals surface area contributed by atoms with E-state index in [9.17, 15) is 0 Å². The molecule has 0 spiro atoms. The number of nitrogens with two attached hydrogens (primary N) is 1. The fraction of sp³-hybridized carbons (Fsp3) is 0.250. The molecular weight excluding hydrogens is 206 g/mol. The Balaban J connectivity index is 2.11. The maximum absolute atomic E-state index is 6.25. The van der Waals surface area contributed by atoms with Crippen LogP contribution in [-0.4, -0.2) is 0 Å². The third-order valence-corrected chi connectivity index (χ3v) is 3.09. The van der Waals surface area contributed by atoms with E-state index in [2.05, 4.69) is 55.5 Å². The Hall–Kier alpha value is -1.60. The molecule has 1 atom stereocenters. The maximum atomic E-state index is 6.25. The molecule has 0 bridgehead atoms. The minimum atomic E-state index is 0.0869. The maximum Gasteiger partial charge on any atom is 0.0335 e. The lowest BCUT2D eigenvalue weighted by molar-refractivity contribution is 0.720. The lowest BCUT2D eigenvalue weighted by Crippen LogP contribution is -2.13. The number of rotatable bonds is 4. The largest absolute Gasteiger partial charge is 0.324 e. The molecule has 0 amide bonds. The quantitative estimate of drug-likeness (QED) is 0.847. The summed E-state index contributed by atoms with van der Waals surface area (Å²) in [5.74, 6) is 0. The second kappa shape index (κ2) is 5.65. The first-order chi connectivity index (χ1) is 8.29. The van der Waals surface area contributed by atoms with Gasteiger partial charge in [-0.15, -0.1) is 0 Å². The van der Waals surface area contributed by atoms with Gasteiger partial charge < -0.3 is 5.73 Å². The molecule has 0 aliphatic carbocycles. The van der Waals surface area contributed by atoms with Crippen molar-refractivity contribution in [3.05, 3.63) is 71.3 Å². The van der Waals surface area contributed by atoms with E-state index in [1.54, 1.807) is 0 Å². The van der Waals surface area contributed by atoms with Crippen molar-refractivity contribution in [2.24, 2.45) is 5.73 Å². The van der Waals surface area contributed by atoms with Crippen molar-refractivity contribution < 1.29 is 0 Å². The zero-order valence-corrected chi connectivity index (χ0v) is 10.3. The molecule has 2 aromatic carbocycles. The second-order valence-corrected chi connectivity index (χ2v) is 4.39. The number of hydrogen-bond acceptors (Lipinski definition) is 1. The molecule has 0 heterocycles. The van der Waals surface area contributed by atoms with Crippen LogP contribution in [0.4, 0.5) is 0 Å². The topological polar surface area (TPSA) is 26.0 Å². The lowest BCUT2D eigenvalue weighted by Gasteiger charge is -2.13. The van der Waals surface area contributed by atoms with Gasteiger partial charge in [-0.25, -0.2) is 0 Å². The molecule has 88 valence electrons. The normalized spacial score (nSPS) is 12.4. The van der Waals surface area contributed by atoms with Gasteiger partial charge >= 0.3 is 0 Å². The fourth-order valence-electron chi connectivity index (χ4n) is 2.03. The second-order valence-electron chi connectivity index (χ2n) is 4.39. The lowest BCUT2D eigenvalue weighted by atomic mass is 9.98. The van der Waals surface area contributed by atoms with Crippen LogP contribution in [0.3, 0.4) is 0 Å². The molecule has 1 unspecified atom stereocenters. The molecule has 2 aromatic rings. The van der Waals surface area contributed by atoms with Gasteiger partial charge in [0.05, 0.1) is 0 Å². The van der Waals surface area contributed by atoms with E-state index in [0.29, 0.717) is 0 Å². The van der Waals surface area contributed by atoms with Crippen LogP contribution in [0, 0.1) is 0 Å². The SMILES string of the molecule is CCc1cccc(C(N)Cc2ccccc2)c1. The highest BCUT2D eigenvalue weighted by molar-refractivity contribution is 5.28. The molecule has 0 aromatic heterocycles. The molecule has 0 radical (unpaired) electrons. The molecule has 17 heavy (non-hydrogen) atoms. The van der Waals surface area contributed by atoms with Gasteiger partial charge in [0.15, 0.2) is 0 Å². The summed E-state index contributed by atoms with van der Waals surface area (Å²) < 4.78 is 0. The van der Waals surface area contributed by atoms with E-state index >= 15 is 0 Å². The summed E-state index contributed by atoms with van der Waals surface area (Å²) in [5, 5.41) is 0. The van der Waals surface area contributed by atoms with Crippen LogP contribution in [0.25, 0.3) is 0 Å². The van der Waals surface area contributed by atoms with Gasteiger partial charge in [0.1, 0.15) is 0 Å². The third kappa shape index (κ3) is 3.18. The van der Waals surface area contributed by atoms with Crippen LogP contribution in [-0.2, 0) is 12.8 Å². The van der Waals surface area contributed by atoms with Crippen LogP contribution >= 0.6 is 0 Å². The van der Waals surface area contributed by atoms with E-state index in [4.69, 9.17) is 5.73 Å². The summed E-state index contributed by atoms with van der Waals surface area (Å²) in [4.78, 5) is 0. The Morgan fingerprint density at radius 2 is 1.65 bits per heavy atom. The number of aryl methyl sites for hydroxylation is 1. The molecule has 2 rings (SSSR count). The van der Waals surface area contributed by atoms with Gasteiger partial charge in [-0.3, -0.25) is 0 Å². The summed E-state index contributed by atoms with van der Waals surface area (Å²) >= 11 is 0. The first-order valence-corrected chi connectivity index (χ1v) is 6.18. The Morgan fingerprint density at radius 3 is 2.35 bits per heavy atom. The third-order valence-electron chi connectivity index (χ3n) is 3.09. The Labute approximate surface area is 103 Å². The fourth-order valence-corrected chi connectivity index (χ4v) is 2.03. The van der Waals surface area contributed by atoms with Crippen LogP contribution in [0.15, 0.2) is 54.6 Å². The van der Waals surface area contributed by atoms with Crippen molar-refractivity contribution >= 4 is 0 Å². The summed E-state index contributed by atoms with van der Waals surface area (Å²) in [5.41, 5.74) is 10.1. The first-order valence-electron chi connectivity index (χ1n) is 6.18. The van der Waals surface area contributed by atoms with Crippen molar-refractivity contribution in [3.63, 3.8) is 0 Å². The van der Waals surface area contributed by atoms with E-state index in [1.807, 2.05) is 6.07 Å². The van der Waals surface area contributed by atoms with Gasteiger partial charge in [-0.05, 0) is 29.5 Å². The van der Waals surface area contributed by atoms with Crippen molar-refractivity contribution in [3.8, 4) is 0 Å². The highest BCUT2D eigenvalue weighted by Crippen LogP contribution is 2.17. The predicted molar refractivity (Wildman–Crippen MR) is 72.9 cm³/mol. The van der Waals surface area contributed by atoms with Gasteiger partial charge in [-0.1, -0.05) is 61.5 Å². The molecule has 0 fully saturated rings. The molecule has 0 aliphatic heterocycles. The molecular formula is C16H19N. The predicted octanol–water partition coefficient (Wildman–Crippen LogP) is 3.49. The van der Waals surface area contributed by atoms with Crippen molar-refractivity contribution in [2.45, 2.75) is 25.8 Å². The smallest absolute Gasteiger partial charge is 0.0335 e. The van der Waals surface area contributed by atoms with Crippen LogP contribution in [0.1, 0.15) is 29.7 Å². The molecule has 1 nitrogen and oxygen atoms in total. The van der Waals surface area contributed by atoms with E-state index in [1.165, 1.54) is 16.7 Å². The Bertz CT molecular complexity index is 462. The van der Waals surface area contributed by atoms with E-state index in [-0.39, 0.29) is 6.04 Å². The Morgan fingerprint density at radius 1 is 0.941 bits per heavy atom. The van der Waals surface area contributed by atoms with Crippen LogP contribution < -0.4 is 5.73 Å². The van der Waals surface area contributed by atoms with Crippen molar-refractivity contribution in [2.75, 3.05) is 0 Å². The summed E-state index contributed by atoms with van der Waals surface area (Å²) in [7, 11) is 0. The van der Waals surface area contributed by atoms with E-state index < -0.39 is 0 Å². The zero-order chi connectivity index (χ0) is 12.1. The molecule has 0 saturated carbocycles. The van der Waals surface area contributed by atoms with Crippen molar-refractivity contribution in [1.82, 2.24) is 0 Å². The van der Waals surface area contributed by atoms with Gasteiger partial charge in [0, 0.05) is 6.04 Å². The molecule has 2 N–H and O–H groups in total. The minimum absolute atomic E-state index is 0.0869. The van der Waals surface area contributed by atoms with E-state index in [0.717, 1.165) is 12.8 Å². The number of benzene rings is 2.